The maximum Gasteiger partial charge on any atom is 0.119 e. The first-order valence-electron chi connectivity index (χ1n) is 18.1. The van der Waals surface area contributed by atoms with E-state index in [-0.39, 0.29) is 26.4 Å². The van der Waals surface area contributed by atoms with Crippen LogP contribution in [0.5, 0.6) is 11.5 Å². The van der Waals surface area contributed by atoms with E-state index in [4.69, 9.17) is 19.7 Å². The molecule has 0 aromatic heterocycles. The average Bonchev–Trinajstić information content (AvgIpc) is 3.19. The number of ether oxygens (including phenoxy) is 2. The largest absolute Gasteiger partial charge is 0.491 e. The Labute approximate surface area is 317 Å². The Morgan fingerprint density at radius 3 is 1.02 bits per heavy atom. The van der Waals surface area contributed by atoms with Gasteiger partial charge in [0.2, 0.25) is 0 Å². The topological polar surface area (TPSA) is 106 Å². The third kappa shape index (κ3) is 9.10. The minimum absolute atomic E-state index is 0.0109. The van der Waals surface area contributed by atoms with Crippen LogP contribution in [0.2, 0.25) is 0 Å². The smallest absolute Gasteiger partial charge is 0.119 e. The number of rotatable bonds is 15. The van der Waals surface area contributed by atoms with Gasteiger partial charge in [-0.25, -0.2) is 0 Å². The fourth-order valence-electron chi connectivity index (χ4n) is 6.33. The van der Waals surface area contributed by atoms with Crippen LogP contribution in [-0.2, 0) is 0 Å². The molecular formula is C46H48N2O6. The number of aryl methyl sites for hydroxylation is 4. The van der Waals surface area contributed by atoms with Gasteiger partial charge in [0, 0.05) is 34.1 Å². The second-order valence-electron chi connectivity index (χ2n) is 13.6. The molecule has 0 fully saturated rings. The lowest BCUT2D eigenvalue weighted by molar-refractivity contribution is 0.0536. The van der Waals surface area contributed by atoms with Gasteiger partial charge in [-0.3, -0.25) is 0 Å². The first-order valence-corrected chi connectivity index (χ1v) is 18.1. The van der Waals surface area contributed by atoms with E-state index in [1.807, 2.05) is 48.5 Å². The van der Waals surface area contributed by atoms with Crippen molar-refractivity contribution < 1.29 is 29.9 Å². The van der Waals surface area contributed by atoms with E-state index >= 15 is 0 Å². The Morgan fingerprint density at radius 1 is 0.426 bits per heavy atom. The van der Waals surface area contributed by atoms with Gasteiger partial charge in [0.05, 0.1) is 13.2 Å². The summed E-state index contributed by atoms with van der Waals surface area (Å²) in [5.74, 6) is 1.15. The van der Waals surface area contributed by atoms with Crippen molar-refractivity contribution >= 4 is 34.1 Å². The average molecular weight is 725 g/mol. The minimum atomic E-state index is -0.956. The lowest BCUT2D eigenvalue weighted by atomic mass is 9.95. The fraction of sp³-hybridized carbons (Fsp3) is 0.217. The van der Waals surface area contributed by atoms with E-state index in [0.717, 1.165) is 56.4 Å². The predicted octanol–water partition coefficient (Wildman–Crippen LogP) is 8.99. The summed E-state index contributed by atoms with van der Waals surface area (Å²) in [6.07, 6.45) is -1.91. The van der Waals surface area contributed by atoms with Gasteiger partial charge in [0.15, 0.2) is 0 Å². The summed E-state index contributed by atoms with van der Waals surface area (Å²) in [5.41, 5.74) is 13.0. The summed E-state index contributed by atoms with van der Waals surface area (Å²) in [4.78, 5) is 4.42. The highest BCUT2D eigenvalue weighted by atomic mass is 16.5. The Bertz CT molecular complexity index is 2010. The number of nitrogens with zero attached hydrogens (tertiary/aromatic N) is 2. The predicted molar refractivity (Wildman–Crippen MR) is 217 cm³/mol. The summed E-state index contributed by atoms with van der Waals surface area (Å²) in [6.45, 7) is 7.73. The van der Waals surface area contributed by atoms with E-state index in [1.54, 1.807) is 0 Å². The zero-order valence-corrected chi connectivity index (χ0v) is 31.2. The zero-order valence-electron chi connectivity index (χ0n) is 31.2. The molecule has 0 amide bonds. The van der Waals surface area contributed by atoms with E-state index in [2.05, 4.69) is 122 Å². The molecule has 0 spiro atoms. The van der Waals surface area contributed by atoms with Crippen LogP contribution < -0.4 is 19.3 Å². The van der Waals surface area contributed by atoms with Crippen LogP contribution in [0.25, 0.3) is 11.1 Å². The van der Waals surface area contributed by atoms with Crippen LogP contribution in [0.15, 0.2) is 133 Å². The second-order valence-corrected chi connectivity index (χ2v) is 13.6. The molecule has 54 heavy (non-hydrogen) atoms. The molecule has 0 radical (unpaired) electrons. The van der Waals surface area contributed by atoms with Crippen LogP contribution in [-0.4, -0.2) is 59.1 Å². The van der Waals surface area contributed by atoms with Crippen LogP contribution in [0.4, 0.5) is 34.1 Å². The molecule has 0 saturated heterocycles. The highest BCUT2D eigenvalue weighted by Crippen LogP contribution is 2.41. The lowest BCUT2D eigenvalue weighted by Gasteiger charge is -2.27. The third-order valence-electron chi connectivity index (χ3n) is 9.31. The first-order chi connectivity index (χ1) is 26.1. The number of benzene rings is 6. The van der Waals surface area contributed by atoms with E-state index < -0.39 is 12.2 Å². The van der Waals surface area contributed by atoms with Crippen LogP contribution >= 0.6 is 0 Å². The van der Waals surface area contributed by atoms with E-state index in [0.29, 0.717) is 11.5 Å². The van der Waals surface area contributed by atoms with Crippen molar-refractivity contribution in [3.63, 3.8) is 0 Å². The molecule has 2 atom stereocenters. The second kappa shape index (κ2) is 17.5. The van der Waals surface area contributed by atoms with E-state index in [9.17, 15) is 10.2 Å². The molecule has 0 aliphatic rings. The minimum Gasteiger partial charge on any atom is -0.491 e. The van der Waals surface area contributed by atoms with Crippen LogP contribution in [0, 0.1) is 27.7 Å². The van der Waals surface area contributed by atoms with Crippen molar-refractivity contribution in [3.05, 3.63) is 156 Å². The van der Waals surface area contributed by atoms with Gasteiger partial charge in [0.1, 0.15) is 36.9 Å². The summed E-state index contributed by atoms with van der Waals surface area (Å²) >= 11 is 0. The van der Waals surface area contributed by atoms with Crippen LogP contribution in [0.3, 0.4) is 0 Å². The van der Waals surface area contributed by atoms with Gasteiger partial charge < -0.3 is 39.7 Å². The zero-order chi connectivity index (χ0) is 38.2. The van der Waals surface area contributed by atoms with Gasteiger partial charge in [-0.2, -0.15) is 0 Å². The van der Waals surface area contributed by atoms with Crippen molar-refractivity contribution in [2.24, 2.45) is 0 Å². The Hall–Kier alpha value is -5.64. The Kier molecular flexibility index (Phi) is 12.3. The number of aliphatic hydroxyl groups excluding tert-OH is 4. The molecular weight excluding hydrogens is 677 g/mol. The first kappa shape index (κ1) is 38.1. The van der Waals surface area contributed by atoms with Gasteiger partial charge >= 0.3 is 0 Å². The summed E-state index contributed by atoms with van der Waals surface area (Å²) < 4.78 is 11.3. The summed E-state index contributed by atoms with van der Waals surface area (Å²) in [5, 5.41) is 37.8. The summed E-state index contributed by atoms with van der Waals surface area (Å²) in [6, 6.07) is 45.5. The van der Waals surface area contributed by atoms with Crippen molar-refractivity contribution in [2.75, 3.05) is 36.2 Å². The third-order valence-corrected chi connectivity index (χ3v) is 9.31. The molecule has 0 aliphatic carbocycles. The van der Waals surface area contributed by atoms with Gasteiger partial charge in [-0.1, -0.05) is 47.5 Å². The highest BCUT2D eigenvalue weighted by molar-refractivity contribution is 5.83. The normalized spacial score (nSPS) is 12.2. The van der Waals surface area contributed by atoms with Crippen molar-refractivity contribution in [3.8, 4) is 22.6 Å². The Balaban J connectivity index is 1.33. The maximum absolute atomic E-state index is 9.74. The maximum atomic E-state index is 9.74. The SMILES string of the molecule is Cc1ccc(N(c2ccc(C)cc2)c2ccc(-c3ccc(N(c4ccc(OCC(O)CO)cc4)c4ccc(OCC(O)CO)cc4)cc3C)c(C)c2)cc1. The molecule has 4 N–H and O–H groups in total. The molecule has 0 bridgehead atoms. The van der Waals surface area contributed by atoms with Gasteiger partial charge in [0.25, 0.3) is 0 Å². The molecule has 0 aliphatic heterocycles. The quantitative estimate of drug-likeness (QED) is 0.0832. The van der Waals surface area contributed by atoms with Crippen molar-refractivity contribution in [2.45, 2.75) is 39.9 Å². The Morgan fingerprint density at radius 2 is 0.722 bits per heavy atom. The number of anilines is 6. The monoisotopic (exact) mass is 724 g/mol. The molecule has 8 heteroatoms. The fourth-order valence-corrected chi connectivity index (χ4v) is 6.33. The highest BCUT2D eigenvalue weighted by Gasteiger charge is 2.18. The molecule has 0 saturated carbocycles. The summed E-state index contributed by atoms with van der Waals surface area (Å²) in [7, 11) is 0. The van der Waals surface area contributed by atoms with Gasteiger partial charge in [-0.15, -0.1) is 0 Å². The molecule has 6 aromatic rings. The number of hydrogen-bond donors (Lipinski definition) is 4. The van der Waals surface area contributed by atoms with Gasteiger partial charge in [-0.05, 0) is 147 Å². The molecule has 6 aromatic carbocycles. The molecule has 278 valence electrons. The standard InChI is InChI=1S/C46H48N2O6/c1-31-5-9-35(10-6-31)47(36-11-7-32(2)8-12-36)39-17-23-45(33(3)25-39)46-24-18-40(26-34(46)4)48(37-13-19-43(20-14-37)53-29-41(51)27-49)38-15-21-44(22-16-38)54-30-42(52)28-50/h5-26,41-42,49-52H,27-30H2,1-4H3. The molecule has 8 nitrogen and oxygen atoms in total. The van der Waals surface area contributed by atoms with Crippen LogP contribution in [0.1, 0.15) is 22.3 Å². The van der Waals surface area contributed by atoms with Crippen molar-refractivity contribution in [1.29, 1.82) is 0 Å². The lowest BCUT2D eigenvalue weighted by Crippen LogP contribution is -2.21. The van der Waals surface area contributed by atoms with Crippen molar-refractivity contribution in [1.82, 2.24) is 0 Å². The molecule has 6 rings (SSSR count). The molecule has 0 heterocycles. The number of aliphatic hydroxyl groups is 4. The number of hydrogen-bond acceptors (Lipinski definition) is 8. The molecule has 2 unspecified atom stereocenters. The van der Waals surface area contributed by atoms with E-state index in [1.165, 1.54) is 11.1 Å².